The van der Waals surface area contributed by atoms with E-state index in [4.69, 9.17) is 6.57 Å². The summed E-state index contributed by atoms with van der Waals surface area (Å²) in [5.41, 5.74) is 1.81. The van der Waals surface area contributed by atoms with Crippen molar-refractivity contribution in [3.8, 4) is 0 Å². The molecule has 0 aliphatic rings. The van der Waals surface area contributed by atoms with Crippen LogP contribution in [0.2, 0.25) is 0 Å². The summed E-state index contributed by atoms with van der Waals surface area (Å²) in [6, 6.07) is 0. The van der Waals surface area contributed by atoms with Crippen molar-refractivity contribution in [3.63, 3.8) is 0 Å². The van der Waals surface area contributed by atoms with Gasteiger partial charge in [-0.3, -0.25) is 9.97 Å². The SMILES string of the molecule is [C-]#[N+]CCc1cnc(C)cn1. The highest BCUT2D eigenvalue weighted by Gasteiger charge is 1.95. The summed E-state index contributed by atoms with van der Waals surface area (Å²) < 4.78 is 0. The van der Waals surface area contributed by atoms with Crippen molar-refractivity contribution in [1.29, 1.82) is 0 Å². The zero-order valence-electron chi connectivity index (χ0n) is 6.41. The van der Waals surface area contributed by atoms with E-state index < -0.39 is 0 Å². The first kappa shape index (κ1) is 7.67. The second-order valence-corrected chi connectivity index (χ2v) is 2.28. The average molecular weight is 147 g/mol. The van der Waals surface area contributed by atoms with Crippen molar-refractivity contribution >= 4 is 0 Å². The van der Waals surface area contributed by atoms with E-state index in [-0.39, 0.29) is 0 Å². The molecule has 0 amide bonds. The fraction of sp³-hybridized carbons (Fsp3) is 0.375. The van der Waals surface area contributed by atoms with Crippen molar-refractivity contribution in [1.82, 2.24) is 9.97 Å². The van der Waals surface area contributed by atoms with E-state index in [1.807, 2.05) is 6.92 Å². The zero-order valence-corrected chi connectivity index (χ0v) is 6.41. The van der Waals surface area contributed by atoms with Gasteiger partial charge in [0.2, 0.25) is 6.54 Å². The van der Waals surface area contributed by atoms with Crippen molar-refractivity contribution in [2.24, 2.45) is 0 Å². The van der Waals surface area contributed by atoms with Crippen molar-refractivity contribution < 1.29 is 0 Å². The molecule has 0 unspecified atom stereocenters. The van der Waals surface area contributed by atoms with Gasteiger partial charge in [0.15, 0.2) is 0 Å². The third-order valence-electron chi connectivity index (χ3n) is 1.31. The fourth-order valence-corrected chi connectivity index (χ4v) is 0.719. The molecule has 0 aliphatic carbocycles. The molecule has 1 rings (SSSR count). The molecule has 11 heavy (non-hydrogen) atoms. The summed E-state index contributed by atoms with van der Waals surface area (Å²) in [6.07, 6.45) is 4.15. The van der Waals surface area contributed by atoms with Gasteiger partial charge in [0.1, 0.15) is 0 Å². The van der Waals surface area contributed by atoms with Gasteiger partial charge in [-0.1, -0.05) is 0 Å². The van der Waals surface area contributed by atoms with Gasteiger partial charge in [0.25, 0.3) is 0 Å². The average Bonchev–Trinajstić information content (AvgIpc) is 2.04. The Morgan fingerprint density at radius 2 is 2.27 bits per heavy atom. The van der Waals surface area contributed by atoms with Gasteiger partial charge in [-0.05, 0) is 6.92 Å². The van der Waals surface area contributed by atoms with Crippen LogP contribution in [0.5, 0.6) is 0 Å². The van der Waals surface area contributed by atoms with E-state index in [0.717, 1.165) is 11.4 Å². The van der Waals surface area contributed by atoms with Gasteiger partial charge < -0.3 is 4.85 Å². The molecular formula is C8H9N3. The molecule has 3 heteroatoms. The Morgan fingerprint density at radius 1 is 1.45 bits per heavy atom. The Morgan fingerprint density at radius 3 is 2.82 bits per heavy atom. The van der Waals surface area contributed by atoms with E-state index >= 15 is 0 Å². The van der Waals surface area contributed by atoms with E-state index in [0.29, 0.717) is 13.0 Å². The molecule has 3 nitrogen and oxygen atoms in total. The highest BCUT2D eigenvalue weighted by Crippen LogP contribution is 1.94. The molecule has 0 aromatic carbocycles. The second kappa shape index (κ2) is 3.67. The Labute approximate surface area is 65.9 Å². The van der Waals surface area contributed by atoms with Crippen molar-refractivity contribution in [2.45, 2.75) is 13.3 Å². The number of rotatable bonds is 2. The van der Waals surface area contributed by atoms with Crippen LogP contribution >= 0.6 is 0 Å². The Balaban J connectivity index is 2.60. The number of nitrogens with zero attached hydrogens (tertiary/aromatic N) is 3. The minimum atomic E-state index is 0.498. The van der Waals surface area contributed by atoms with Gasteiger partial charge in [0.05, 0.1) is 17.8 Å². The summed E-state index contributed by atoms with van der Waals surface area (Å²) in [6.45, 7) is 8.96. The van der Waals surface area contributed by atoms with Crippen LogP contribution in [-0.2, 0) is 6.42 Å². The molecule has 1 aromatic heterocycles. The van der Waals surface area contributed by atoms with E-state index in [1.165, 1.54) is 0 Å². The monoisotopic (exact) mass is 147 g/mol. The summed E-state index contributed by atoms with van der Waals surface area (Å²) in [4.78, 5) is 11.4. The number of hydrogen-bond acceptors (Lipinski definition) is 2. The topological polar surface area (TPSA) is 30.1 Å². The third-order valence-corrected chi connectivity index (χ3v) is 1.31. The summed E-state index contributed by atoms with van der Waals surface area (Å²) in [5.74, 6) is 0. The first-order chi connectivity index (χ1) is 5.33. The molecule has 0 saturated heterocycles. The normalized spacial score (nSPS) is 9.09. The highest BCUT2D eigenvalue weighted by molar-refractivity contribution is 5.01. The Hall–Kier alpha value is -1.43. The van der Waals surface area contributed by atoms with Crippen molar-refractivity contribution in [3.05, 3.63) is 35.2 Å². The van der Waals surface area contributed by atoms with Crippen LogP contribution in [0.1, 0.15) is 11.4 Å². The summed E-state index contributed by atoms with van der Waals surface area (Å²) >= 11 is 0. The standard InChI is InChI=1S/C8H9N3/c1-7-5-11-8(6-10-7)3-4-9-2/h5-6H,3-4H2,1H3. The number of aromatic nitrogens is 2. The number of aryl methyl sites for hydroxylation is 1. The largest absolute Gasteiger partial charge is 0.317 e. The van der Waals surface area contributed by atoms with Crippen LogP contribution < -0.4 is 0 Å². The van der Waals surface area contributed by atoms with E-state index in [2.05, 4.69) is 14.8 Å². The molecule has 0 spiro atoms. The molecule has 0 bridgehead atoms. The Bertz CT molecular complexity index is 258. The minimum Gasteiger partial charge on any atom is -0.317 e. The zero-order chi connectivity index (χ0) is 8.10. The molecule has 0 saturated carbocycles. The van der Waals surface area contributed by atoms with Gasteiger partial charge >= 0.3 is 0 Å². The molecule has 0 atom stereocenters. The molecule has 56 valence electrons. The maximum atomic E-state index is 6.57. The summed E-state index contributed by atoms with van der Waals surface area (Å²) in [5, 5.41) is 0. The maximum absolute atomic E-state index is 6.57. The molecule has 0 fully saturated rings. The lowest BCUT2D eigenvalue weighted by atomic mass is 10.3. The molecular weight excluding hydrogens is 138 g/mol. The second-order valence-electron chi connectivity index (χ2n) is 2.28. The predicted molar refractivity (Wildman–Crippen MR) is 41.9 cm³/mol. The lowest BCUT2D eigenvalue weighted by Gasteiger charge is -1.93. The van der Waals surface area contributed by atoms with E-state index in [1.54, 1.807) is 12.4 Å². The smallest absolute Gasteiger partial charge is 0.220 e. The molecule has 0 radical (unpaired) electrons. The first-order valence-electron chi connectivity index (χ1n) is 3.43. The maximum Gasteiger partial charge on any atom is 0.220 e. The van der Waals surface area contributed by atoms with Crippen LogP contribution in [0.3, 0.4) is 0 Å². The van der Waals surface area contributed by atoms with E-state index in [9.17, 15) is 0 Å². The molecule has 1 aromatic rings. The number of hydrogen-bond donors (Lipinski definition) is 0. The predicted octanol–water partition coefficient (Wildman–Crippen LogP) is 1.25. The fourth-order valence-electron chi connectivity index (χ4n) is 0.719. The lowest BCUT2D eigenvalue weighted by Crippen LogP contribution is -1.94. The third kappa shape index (κ3) is 2.34. The van der Waals surface area contributed by atoms with Crippen LogP contribution in [0.4, 0.5) is 0 Å². The van der Waals surface area contributed by atoms with Gasteiger partial charge in [0, 0.05) is 12.4 Å². The molecule has 0 aliphatic heterocycles. The first-order valence-corrected chi connectivity index (χ1v) is 3.43. The van der Waals surface area contributed by atoms with Gasteiger partial charge in [-0.25, -0.2) is 6.57 Å². The Kier molecular flexibility index (Phi) is 2.56. The molecule has 1 heterocycles. The lowest BCUT2D eigenvalue weighted by molar-refractivity contribution is 0.954. The van der Waals surface area contributed by atoms with Crippen LogP contribution in [0.15, 0.2) is 12.4 Å². The minimum absolute atomic E-state index is 0.498. The quantitative estimate of drug-likeness (QED) is 0.589. The van der Waals surface area contributed by atoms with Crippen molar-refractivity contribution in [2.75, 3.05) is 6.54 Å². The van der Waals surface area contributed by atoms with Crippen LogP contribution in [0, 0.1) is 13.5 Å². The molecule has 0 N–H and O–H groups in total. The van der Waals surface area contributed by atoms with Crippen LogP contribution in [0.25, 0.3) is 4.85 Å². The van der Waals surface area contributed by atoms with Gasteiger partial charge in [-0.2, -0.15) is 0 Å². The van der Waals surface area contributed by atoms with Crippen LogP contribution in [-0.4, -0.2) is 16.5 Å². The highest BCUT2D eigenvalue weighted by atomic mass is 14.8. The van der Waals surface area contributed by atoms with Gasteiger partial charge in [-0.15, -0.1) is 0 Å². The summed E-state index contributed by atoms with van der Waals surface area (Å²) in [7, 11) is 0.